The van der Waals surface area contributed by atoms with Crippen LogP contribution >= 0.6 is 11.6 Å². The molecule has 0 heterocycles. The van der Waals surface area contributed by atoms with Crippen molar-refractivity contribution in [2.24, 2.45) is 5.41 Å². The topological polar surface area (TPSA) is 49.4 Å². The van der Waals surface area contributed by atoms with E-state index in [0.29, 0.717) is 12.4 Å². The fourth-order valence-electron chi connectivity index (χ4n) is 2.11. The maximum Gasteiger partial charge on any atom is 0.279 e. The molecule has 1 aliphatic carbocycles. The van der Waals surface area contributed by atoms with Gasteiger partial charge in [0.1, 0.15) is 0 Å². The summed E-state index contributed by atoms with van der Waals surface area (Å²) in [6.45, 7) is 4.16. The molecule has 6 heteroatoms. The highest BCUT2D eigenvalue weighted by atomic mass is 35.5. The highest BCUT2D eigenvalue weighted by Crippen LogP contribution is 2.38. The van der Waals surface area contributed by atoms with Gasteiger partial charge in [-0.2, -0.15) is 12.7 Å². The minimum Gasteiger partial charge on any atom is -0.202 e. The lowest BCUT2D eigenvalue weighted by Crippen LogP contribution is -2.46. The average Bonchev–Trinajstić information content (AvgIpc) is 2.75. The molecule has 1 rings (SSSR count). The van der Waals surface area contributed by atoms with Gasteiger partial charge in [-0.3, -0.25) is 0 Å². The summed E-state index contributed by atoms with van der Waals surface area (Å²) in [5, 5.41) is 0. The van der Waals surface area contributed by atoms with Crippen molar-refractivity contribution in [3.05, 3.63) is 0 Å². The Morgan fingerprint density at radius 1 is 1.35 bits per heavy atom. The number of nitrogens with zero attached hydrogens (tertiary/aromatic N) is 1. The molecule has 1 N–H and O–H groups in total. The minimum absolute atomic E-state index is 0.0353. The lowest BCUT2D eigenvalue weighted by atomic mass is 9.89. The Balaban J connectivity index is 2.60. The monoisotopic (exact) mass is 282 g/mol. The number of hydrogen-bond donors (Lipinski definition) is 1. The third-order valence-corrected chi connectivity index (χ3v) is 5.94. The Morgan fingerprint density at radius 2 is 1.88 bits per heavy atom. The van der Waals surface area contributed by atoms with Crippen molar-refractivity contribution >= 4 is 21.8 Å². The van der Waals surface area contributed by atoms with Gasteiger partial charge in [0, 0.05) is 25.5 Å². The zero-order chi connectivity index (χ0) is 13.1. The van der Waals surface area contributed by atoms with Crippen molar-refractivity contribution in [1.29, 1.82) is 0 Å². The number of hydrogen-bond acceptors (Lipinski definition) is 2. The molecule has 0 aromatic heterocycles. The van der Waals surface area contributed by atoms with Gasteiger partial charge in [0.25, 0.3) is 10.2 Å². The molecule has 0 saturated heterocycles. The van der Waals surface area contributed by atoms with Crippen molar-refractivity contribution in [3.63, 3.8) is 0 Å². The SMILES string of the molecule is CC(C)N(C)S(=O)(=O)NCC1(CCl)CCCC1. The van der Waals surface area contributed by atoms with Crippen molar-refractivity contribution in [2.45, 2.75) is 45.6 Å². The smallest absolute Gasteiger partial charge is 0.202 e. The predicted molar refractivity (Wildman–Crippen MR) is 71.4 cm³/mol. The van der Waals surface area contributed by atoms with E-state index in [4.69, 9.17) is 11.6 Å². The number of halogens is 1. The summed E-state index contributed by atoms with van der Waals surface area (Å²) in [6, 6.07) is -0.0389. The van der Waals surface area contributed by atoms with Crippen LogP contribution in [0.25, 0.3) is 0 Å². The van der Waals surface area contributed by atoms with Gasteiger partial charge >= 0.3 is 0 Å². The van der Waals surface area contributed by atoms with Crippen LogP contribution in [-0.4, -0.2) is 38.2 Å². The molecule has 1 saturated carbocycles. The van der Waals surface area contributed by atoms with Crippen LogP contribution < -0.4 is 4.72 Å². The number of rotatable bonds is 6. The molecule has 102 valence electrons. The summed E-state index contributed by atoms with van der Waals surface area (Å²) < 4.78 is 28.0. The Bertz CT molecular complexity index is 337. The van der Waals surface area contributed by atoms with Crippen LogP contribution in [0.3, 0.4) is 0 Å². The average molecular weight is 283 g/mol. The van der Waals surface area contributed by atoms with Gasteiger partial charge in [0.05, 0.1) is 0 Å². The van der Waals surface area contributed by atoms with Crippen molar-refractivity contribution < 1.29 is 8.42 Å². The standard InChI is InChI=1S/C11H23ClN2O2S/c1-10(2)14(3)17(15,16)13-9-11(8-12)6-4-5-7-11/h10,13H,4-9H2,1-3H3. The fourth-order valence-corrected chi connectivity index (χ4v) is 3.72. The van der Waals surface area contributed by atoms with Gasteiger partial charge < -0.3 is 0 Å². The predicted octanol–water partition coefficient (Wildman–Crippen LogP) is 1.96. The van der Waals surface area contributed by atoms with E-state index in [0.717, 1.165) is 25.7 Å². The Kier molecular flexibility index (Phi) is 5.25. The van der Waals surface area contributed by atoms with Crippen LogP contribution in [0.2, 0.25) is 0 Å². The lowest BCUT2D eigenvalue weighted by Gasteiger charge is -2.28. The van der Waals surface area contributed by atoms with Crippen LogP contribution in [-0.2, 0) is 10.2 Å². The summed E-state index contributed by atoms with van der Waals surface area (Å²) in [4.78, 5) is 0. The maximum atomic E-state index is 12.0. The van der Waals surface area contributed by atoms with E-state index in [1.165, 1.54) is 4.31 Å². The summed E-state index contributed by atoms with van der Waals surface area (Å²) in [7, 11) is -1.78. The zero-order valence-electron chi connectivity index (χ0n) is 10.9. The molecular formula is C11H23ClN2O2S. The molecule has 0 aromatic rings. The van der Waals surface area contributed by atoms with E-state index >= 15 is 0 Å². The third kappa shape index (κ3) is 3.81. The van der Waals surface area contributed by atoms with E-state index < -0.39 is 10.2 Å². The van der Waals surface area contributed by atoms with Crippen molar-refractivity contribution in [2.75, 3.05) is 19.5 Å². The molecule has 0 atom stereocenters. The summed E-state index contributed by atoms with van der Waals surface area (Å²) >= 11 is 5.99. The summed E-state index contributed by atoms with van der Waals surface area (Å²) in [5.74, 6) is 0.529. The molecule has 1 fully saturated rings. The molecule has 1 aliphatic rings. The third-order valence-electron chi connectivity index (χ3n) is 3.68. The second-order valence-corrected chi connectivity index (χ2v) is 7.36. The lowest BCUT2D eigenvalue weighted by molar-refractivity contribution is 0.331. The highest BCUT2D eigenvalue weighted by Gasteiger charge is 2.34. The van der Waals surface area contributed by atoms with E-state index in [9.17, 15) is 8.42 Å². The summed E-state index contributed by atoms with van der Waals surface area (Å²) in [5.41, 5.74) is -0.0353. The first-order chi connectivity index (χ1) is 7.83. The minimum atomic E-state index is -3.37. The van der Waals surface area contributed by atoms with Crippen molar-refractivity contribution in [1.82, 2.24) is 9.03 Å². The fraction of sp³-hybridized carbons (Fsp3) is 1.00. The Labute approximate surface area is 110 Å². The molecule has 0 unspecified atom stereocenters. The van der Waals surface area contributed by atoms with Crippen LogP contribution in [0.15, 0.2) is 0 Å². The molecule has 0 bridgehead atoms. The quantitative estimate of drug-likeness (QED) is 0.757. The molecule has 0 amide bonds. The highest BCUT2D eigenvalue weighted by molar-refractivity contribution is 7.87. The maximum absolute atomic E-state index is 12.0. The first kappa shape index (κ1) is 15.2. The van der Waals surface area contributed by atoms with Crippen LogP contribution in [0.1, 0.15) is 39.5 Å². The van der Waals surface area contributed by atoms with Gasteiger partial charge in [-0.25, -0.2) is 4.72 Å². The van der Waals surface area contributed by atoms with E-state index in [2.05, 4.69) is 4.72 Å². The van der Waals surface area contributed by atoms with Crippen LogP contribution in [0.5, 0.6) is 0 Å². The Hall–Kier alpha value is 0.160. The first-order valence-corrected chi connectivity index (χ1v) is 8.09. The van der Waals surface area contributed by atoms with Gasteiger partial charge in [0.2, 0.25) is 0 Å². The first-order valence-electron chi connectivity index (χ1n) is 6.12. The molecule has 0 spiro atoms. The molecular weight excluding hydrogens is 260 g/mol. The largest absolute Gasteiger partial charge is 0.279 e. The molecule has 4 nitrogen and oxygen atoms in total. The van der Waals surface area contributed by atoms with Gasteiger partial charge in [-0.15, -0.1) is 11.6 Å². The van der Waals surface area contributed by atoms with Gasteiger partial charge in [-0.05, 0) is 32.1 Å². The summed E-state index contributed by atoms with van der Waals surface area (Å²) in [6.07, 6.45) is 4.33. The van der Waals surface area contributed by atoms with Crippen LogP contribution in [0, 0.1) is 5.41 Å². The number of nitrogens with one attached hydrogen (secondary N) is 1. The normalized spacial score (nSPS) is 20.4. The molecule has 0 aliphatic heterocycles. The van der Waals surface area contributed by atoms with E-state index in [1.807, 2.05) is 13.8 Å². The van der Waals surface area contributed by atoms with Gasteiger partial charge in [0.15, 0.2) is 0 Å². The van der Waals surface area contributed by atoms with E-state index in [-0.39, 0.29) is 11.5 Å². The van der Waals surface area contributed by atoms with E-state index in [1.54, 1.807) is 7.05 Å². The molecule has 17 heavy (non-hydrogen) atoms. The second kappa shape index (κ2) is 5.87. The number of alkyl halides is 1. The van der Waals surface area contributed by atoms with Gasteiger partial charge in [-0.1, -0.05) is 12.8 Å². The zero-order valence-corrected chi connectivity index (χ0v) is 12.4. The van der Waals surface area contributed by atoms with Crippen LogP contribution in [0.4, 0.5) is 0 Å². The molecule has 0 aromatic carbocycles. The second-order valence-electron chi connectivity index (χ2n) is 5.28. The van der Waals surface area contributed by atoms with Crippen molar-refractivity contribution in [3.8, 4) is 0 Å². The Morgan fingerprint density at radius 3 is 2.29 bits per heavy atom. The molecule has 0 radical (unpaired) electrons.